The molecule has 1 aliphatic rings. The van der Waals surface area contributed by atoms with E-state index in [2.05, 4.69) is 15.5 Å². The summed E-state index contributed by atoms with van der Waals surface area (Å²) in [5.74, 6) is -0.0543. The summed E-state index contributed by atoms with van der Waals surface area (Å²) in [6.45, 7) is 2.71. The van der Waals surface area contributed by atoms with Crippen LogP contribution in [0.5, 0.6) is 0 Å². The standard InChI is InChI=1S/C22H28N4O4S/c23-31(29,30)20-8-6-19(7-9-20)25-21(27)12-15-26-13-10-18(11-14-26)22(28)24-16-17-4-2-1-3-5-17/h1-9,18H,10-16H2,(H,24,28)(H,25,27)(H2,23,29,30). The van der Waals surface area contributed by atoms with Crippen molar-refractivity contribution < 1.29 is 18.0 Å². The number of hydrogen-bond acceptors (Lipinski definition) is 5. The van der Waals surface area contributed by atoms with E-state index in [-0.39, 0.29) is 22.6 Å². The lowest BCUT2D eigenvalue weighted by molar-refractivity contribution is -0.126. The molecule has 2 aromatic rings. The molecule has 2 amide bonds. The molecule has 0 spiro atoms. The molecule has 1 saturated heterocycles. The average molecular weight is 445 g/mol. The summed E-state index contributed by atoms with van der Waals surface area (Å²) in [4.78, 5) is 26.8. The maximum Gasteiger partial charge on any atom is 0.238 e. The summed E-state index contributed by atoms with van der Waals surface area (Å²) in [7, 11) is -3.75. The van der Waals surface area contributed by atoms with Crippen molar-refractivity contribution >= 4 is 27.5 Å². The van der Waals surface area contributed by atoms with Crippen LogP contribution < -0.4 is 15.8 Å². The first kappa shape index (κ1) is 22.9. The summed E-state index contributed by atoms with van der Waals surface area (Å²) in [6.07, 6.45) is 1.87. The Bertz CT molecular complexity index is 986. The van der Waals surface area contributed by atoms with Gasteiger partial charge in [-0.1, -0.05) is 30.3 Å². The summed E-state index contributed by atoms with van der Waals surface area (Å²) in [5, 5.41) is 10.8. The number of nitrogens with zero attached hydrogens (tertiary/aromatic N) is 1. The topological polar surface area (TPSA) is 122 Å². The van der Waals surface area contributed by atoms with Crippen molar-refractivity contribution in [1.29, 1.82) is 0 Å². The van der Waals surface area contributed by atoms with Crippen molar-refractivity contribution in [2.45, 2.75) is 30.7 Å². The predicted molar refractivity (Wildman–Crippen MR) is 119 cm³/mol. The van der Waals surface area contributed by atoms with E-state index in [1.807, 2.05) is 30.3 Å². The van der Waals surface area contributed by atoms with Gasteiger partial charge in [0.2, 0.25) is 21.8 Å². The van der Waals surface area contributed by atoms with Crippen LogP contribution in [-0.2, 0) is 26.2 Å². The largest absolute Gasteiger partial charge is 0.352 e. The fourth-order valence-electron chi connectivity index (χ4n) is 3.56. The summed E-state index contributed by atoms with van der Waals surface area (Å²) >= 11 is 0. The second-order valence-corrected chi connectivity index (χ2v) is 9.25. The number of benzene rings is 2. The zero-order chi connectivity index (χ0) is 22.3. The highest BCUT2D eigenvalue weighted by atomic mass is 32.2. The van der Waals surface area contributed by atoms with Crippen LogP contribution in [0.1, 0.15) is 24.8 Å². The van der Waals surface area contributed by atoms with Crippen LogP contribution in [-0.4, -0.2) is 44.8 Å². The number of sulfonamides is 1. The van der Waals surface area contributed by atoms with Crippen LogP contribution in [0.3, 0.4) is 0 Å². The number of likely N-dealkylation sites (tertiary alicyclic amines) is 1. The maximum absolute atomic E-state index is 12.4. The molecule has 1 heterocycles. The first-order chi connectivity index (χ1) is 14.8. The minimum absolute atomic E-state index is 0.00109. The van der Waals surface area contributed by atoms with Crippen molar-refractivity contribution in [2.75, 3.05) is 25.0 Å². The molecule has 0 aliphatic carbocycles. The monoisotopic (exact) mass is 444 g/mol. The zero-order valence-electron chi connectivity index (χ0n) is 17.3. The molecule has 4 N–H and O–H groups in total. The number of carbonyl (C=O) groups is 2. The third-order valence-corrected chi connectivity index (χ3v) is 6.32. The van der Waals surface area contributed by atoms with Gasteiger partial charge in [-0.2, -0.15) is 0 Å². The molecule has 3 rings (SSSR count). The lowest BCUT2D eigenvalue weighted by atomic mass is 9.95. The Hall–Kier alpha value is -2.75. The molecule has 9 heteroatoms. The quantitative estimate of drug-likeness (QED) is 0.572. The SMILES string of the molecule is NS(=O)(=O)c1ccc(NC(=O)CCN2CCC(C(=O)NCc3ccccc3)CC2)cc1. The van der Waals surface area contributed by atoms with Crippen molar-refractivity contribution in [2.24, 2.45) is 11.1 Å². The van der Waals surface area contributed by atoms with Crippen LogP contribution in [0.15, 0.2) is 59.5 Å². The van der Waals surface area contributed by atoms with E-state index in [0.717, 1.165) is 31.5 Å². The molecule has 0 bridgehead atoms. The minimum Gasteiger partial charge on any atom is -0.352 e. The van der Waals surface area contributed by atoms with Gasteiger partial charge in [0, 0.05) is 31.1 Å². The molecule has 0 atom stereocenters. The number of piperidine rings is 1. The second-order valence-electron chi connectivity index (χ2n) is 7.69. The van der Waals surface area contributed by atoms with Crippen LogP contribution in [0.25, 0.3) is 0 Å². The Kier molecular flexibility index (Phi) is 7.78. The van der Waals surface area contributed by atoms with Gasteiger partial charge in [0.15, 0.2) is 0 Å². The lowest BCUT2D eigenvalue weighted by Crippen LogP contribution is -2.41. The van der Waals surface area contributed by atoms with Gasteiger partial charge in [-0.25, -0.2) is 13.6 Å². The van der Waals surface area contributed by atoms with Crippen molar-refractivity contribution in [3.8, 4) is 0 Å². The Labute approximate surface area is 182 Å². The normalized spacial score (nSPS) is 15.4. The third kappa shape index (κ3) is 7.16. The van der Waals surface area contributed by atoms with Gasteiger partial charge in [0.25, 0.3) is 0 Å². The number of hydrogen-bond donors (Lipinski definition) is 3. The number of primary sulfonamides is 1. The van der Waals surface area contributed by atoms with Crippen molar-refractivity contribution in [3.63, 3.8) is 0 Å². The number of rotatable bonds is 8. The Morgan fingerprint density at radius 3 is 2.26 bits per heavy atom. The number of nitrogens with two attached hydrogens (primary N) is 1. The van der Waals surface area contributed by atoms with E-state index in [1.54, 1.807) is 0 Å². The van der Waals surface area contributed by atoms with E-state index in [4.69, 9.17) is 5.14 Å². The third-order valence-electron chi connectivity index (χ3n) is 5.39. The predicted octanol–water partition coefficient (Wildman–Crippen LogP) is 1.69. The number of anilines is 1. The van der Waals surface area contributed by atoms with Crippen LogP contribution >= 0.6 is 0 Å². The number of amides is 2. The summed E-state index contributed by atoms with van der Waals surface area (Å²) in [5.41, 5.74) is 1.60. The zero-order valence-corrected chi connectivity index (χ0v) is 18.1. The highest BCUT2D eigenvalue weighted by Crippen LogP contribution is 2.18. The summed E-state index contributed by atoms with van der Waals surface area (Å²) < 4.78 is 22.5. The number of carbonyl (C=O) groups excluding carboxylic acids is 2. The molecule has 31 heavy (non-hydrogen) atoms. The van der Waals surface area contributed by atoms with E-state index < -0.39 is 10.0 Å². The van der Waals surface area contributed by atoms with E-state index in [9.17, 15) is 18.0 Å². The van der Waals surface area contributed by atoms with Crippen molar-refractivity contribution in [3.05, 3.63) is 60.2 Å². The van der Waals surface area contributed by atoms with Gasteiger partial charge in [-0.3, -0.25) is 9.59 Å². The minimum atomic E-state index is -3.75. The van der Waals surface area contributed by atoms with Crippen LogP contribution in [0.2, 0.25) is 0 Å². The molecule has 0 unspecified atom stereocenters. The molecule has 8 nitrogen and oxygen atoms in total. The maximum atomic E-state index is 12.4. The fourth-order valence-corrected chi connectivity index (χ4v) is 4.07. The molecule has 0 saturated carbocycles. The van der Waals surface area contributed by atoms with Crippen molar-refractivity contribution in [1.82, 2.24) is 10.2 Å². The van der Waals surface area contributed by atoms with E-state index >= 15 is 0 Å². The first-order valence-corrected chi connectivity index (χ1v) is 11.8. The Morgan fingerprint density at radius 1 is 1.00 bits per heavy atom. The molecule has 1 aliphatic heterocycles. The lowest BCUT2D eigenvalue weighted by Gasteiger charge is -2.31. The van der Waals surface area contributed by atoms with Gasteiger partial charge in [0.1, 0.15) is 0 Å². The van der Waals surface area contributed by atoms with Gasteiger partial charge >= 0.3 is 0 Å². The second kappa shape index (κ2) is 10.5. The Balaban J connectivity index is 1.36. The molecule has 1 fully saturated rings. The van der Waals surface area contributed by atoms with Gasteiger partial charge in [-0.15, -0.1) is 0 Å². The molecule has 0 radical (unpaired) electrons. The van der Waals surface area contributed by atoms with E-state index in [0.29, 0.717) is 25.2 Å². The molecular formula is C22H28N4O4S. The smallest absolute Gasteiger partial charge is 0.238 e. The van der Waals surface area contributed by atoms with Gasteiger partial charge < -0.3 is 15.5 Å². The van der Waals surface area contributed by atoms with Gasteiger partial charge in [0.05, 0.1) is 4.90 Å². The molecule has 0 aromatic heterocycles. The highest BCUT2D eigenvalue weighted by molar-refractivity contribution is 7.89. The summed E-state index contributed by atoms with van der Waals surface area (Å²) in [6, 6.07) is 15.6. The van der Waals surface area contributed by atoms with E-state index in [1.165, 1.54) is 24.3 Å². The first-order valence-electron chi connectivity index (χ1n) is 10.3. The molecular weight excluding hydrogens is 416 g/mol. The fraction of sp³-hybridized carbons (Fsp3) is 0.364. The van der Waals surface area contributed by atoms with Crippen LogP contribution in [0.4, 0.5) is 5.69 Å². The number of nitrogens with one attached hydrogen (secondary N) is 2. The highest BCUT2D eigenvalue weighted by Gasteiger charge is 2.24. The van der Waals surface area contributed by atoms with Gasteiger partial charge in [-0.05, 0) is 55.8 Å². The molecule has 166 valence electrons. The molecule has 2 aromatic carbocycles. The Morgan fingerprint density at radius 2 is 1.65 bits per heavy atom. The average Bonchev–Trinajstić information content (AvgIpc) is 2.77. The van der Waals surface area contributed by atoms with Crippen LogP contribution in [0, 0.1) is 5.92 Å².